The second-order valence-corrected chi connectivity index (χ2v) is 4.84. The van der Waals surface area contributed by atoms with Crippen LogP contribution in [0.1, 0.15) is 34.1 Å². The van der Waals surface area contributed by atoms with Gasteiger partial charge in [-0.1, -0.05) is 18.2 Å². The first kappa shape index (κ1) is 12.0. The number of hydrogen-bond donors (Lipinski definition) is 1. The fourth-order valence-corrected chi connectivity index (χ4v) is 2.52. The van der Waals surface area contributed by atoms with Crippen LogP contribution in [0.5, 0.6) is 0 Å². The molecular weight excluding hydrogens is 240 g/mol. The number of furan rings is 1. The minimum atomic E-state index is -0.0955. The summed E-state index contributed by atoms with van der Waals surface area (Å²) in [4.78, 5) is 14.3. The maximum absolute atomic E-state index is 12.5. The summed E-state index contributed by atoms with van der Waals surface area (Å²) < 4.78 is 5.30. The van der Waals surface area contributed by atoms with Gasteiger partial charge in [-0.15, -0.1) is 0 Å². The molecule has 0 aliphatic carbocycles. The van der Waals surface area contributed by atoms with Crippen LogP contribution in [0, 0.1) is 6.92 Å². The zero-order valence-electron chi connectivity index (χ0n) is 10.8. The van der Waals surface area contributed by atoms with Gasteiger partial charge >= 0.3 is 0 Å². The molecule has 4 nitrogen and oxygen atoms in total. The van der Waals surface area contributed by atoms with E-state index in [1.165, 1.54) is 0 Å². The first-order valence-electron chi connectivity index (χ1n) is 6.39. The first-order valence-corrected chi connectivity index (χ1v) is 6.39. The summed E-state index contributed by atoms with van der Waals surface area (Å²) in [6, 6.07) is 9.59. The van der Waals surface area contributed by atoms with Gasteiger partial charge in [0.1, 0.15) is 0 Å². The van der Waals surface area contributed by atoms with Crippen molar-refractivity contribution in [3.05, 3.63) is 53.5 Å². The molecule has 0 fully saturated rings. The van der Waals surface area contributed by atoms with Gasteiger partial charge in [0, 0.05) is 23.8 Å². The Kier molecular flexibility index (Phi) is 2.87. The highest BCUT2D eigenvalue weighted by molar-refractivity contribution is 6.05. The summed E-state index contributed by atoms with van der Waals surface area (Å²) in [7, 11) is 0. The maximum Gasteiger partial charge on any atom is 0.294 e. The molecule has 1 unspecified atom stereocenters. The summed E-state index contributed by atoms with van der Waals surface area (Å²) in [5.41, 5.74) is 8.87. The van der Waals surface area contributed by atoms with Crippen molar-refractivity contribution >= 4 is 11.6 Å². The van der Waals surface area contributed by atoms with E-state index < -0.39 is 0 Å². The largest absolute Gasteiger partial charge is 0.459 e. The highest BCUT2D eigenvalue weighted by Crippen LogP contribution is 2.33. The van der Waals surface area contributed by atoms with Crippen LogP contribution < -0.4 is 10.6 Å². The summed E-state index contributed by atoms with van der Waals surface area (Å²) in [5, 5.41) is 0. The predicted octanol–water partition coefficient (Wildman–Crippen LogP) is 2.64. The number of hydrogen-bond acceptors (Lipinski definition) is 3. The second kappa shape index (κ2) is 4.55. The van der Waals surface area contributed by atoms with Crippen LogP contribution in [0.2, 0.25) is 0 Å². The molecule has 0 saturated heterocycles. The third-order valence-electron chi connectivity index (χ3n) is 3.59. The number of anilines is 1. The van der Waals surface area contributed by atoms with E-state index in [0.29, 0.717) is 12.3 Å². The Bertz CT molecular complexity index is 618. The molecule has 98 valence electrons. The summed E-state index contributed by atoms with van der Waals surface area (Å²) in [5.74, 6) is 0.312. The van der Waals surface area contributed by atoms with Crippen LogP contribution in [-0.4, -0.2) is 12.5 Å². The zero-order valence-corrected chi connectivity index (χ0v) is 10.8. The first-order chi connectivity index (χ1) is 9.18. The third-order valence-corrected chi connectivity index (χ3v) is 3.59. The molecule has 2 heterocycles. The van der Waals surface area contributed by atoms with E-state index in [1.807, 2.05) is 31.2 Å². The number of carbonyl (C=O) groups excluding carboxylic acids is 1. The number of carbonyl (C=O) groups is 1. The van der Waals surface area contributed by atoms with Crippen molar-refractivity contribution in [3.8, 4) is 0 Å². The number of benzene rings is 1. The Balaban J connectivity index is 2.01. The van der Waals surface area contributed by atoms with Crippen molar-refractivity contribution in [1.29, 1.82) is 0 Å². The molecule has 1 amide bonds. The summed E-state index contributed by atoms with van der Waals surface area (Å²) in [6.45, 7) is 2.50. The number of fused-ring (bicyclic) bond motifs is 1. The number of nitrogens with two attached hydrogens (primary N) is 1. The molecule has 0 radical (unpaired) electrons. The lowest BCUT2D eigenvalue weighted by Gasteiger charge is -2.32. The lowest BCUT2D eigenvalue weighted by Crippen LogP contribution is -2.38. The van der Waals surface area contributed by atoms with E-state index in [1.54, 1.807) is 17.2 Å². The molecular formula is C15H16N2O2. The molecule has 19 heavy (non-hydrogen) atoms. The summed E-state index contributed by atoms with van der Waals surface area (Å²) >= 11 is 0. The number of para-hydroxylation sites is 1. The Hall–Kier alpha value is -2.07. The third kappa shape index (κ3) is 1.94. The van der Waals surface area contributed by atoms with E-state index >= 15 is 0 Å². The van der Waals surface area contributed by atoms with Gasteiger partial charge in [-0.05, 0) is 31.0 Å². The molecule has 2 aromatic rings. The molecule has 3 rings (SSSR count). The number of amides is 1. The molecule has 1 aliphatic heterocycles. The standard InChI is InChI=1S/C15H16N2O2/c1-10-7-9-19-14(10)15(18)17-8-6-12(16)11-4-2-3-5-13(11)17/h2-5,7,9,12H,6,8,16H2,1H3. The van der Waals surface area contributed by atoms with Gasteiger partial charge in [0.25, 0.3) is 5.91 Å². The van der Waals surface area contributed by atoms with Gasteiger partial charge < -0.3 is 15.1 Å². The van der Waals surface area contributed by atoms with Crippen molar-refractivity contribution in [2.75, 3.05) is 11.4 Å². The Morgan fingerprint density at radius 3 is 2.89 bits per heavy atom. The van der Waals surface area contributed by atoms with Gasteiger partial charge in [0.05, 0.1) is 6.26 Å². The van der Waals surface area contributed by atoms with Gasteiger partial charge in [-0.2, -0.15) is 0 Å². The SMILES string of the molecule is Cc1ccoc1C(=O)N1CCC(N)c2ccccc21. The Morgan fingerprint density at radius 1 is 1.37 bits per heavy atom. The smallest absolute Gasteiger partial charge is 0.294 e. The van der Waals surface area contributed by atoms with E-state index in [-0.39, 0.29) is 11.9 Å². The van der Waals surface area contributed by atoms with Gasteiger partial charge in [0.2, 0.25) is 0 Å². The lowest BCUT2D eigenvalue weighted by molar-refractivity contribution is 0.0956. The van der Waals surface area contributed by atoms with Gasteiger partial charge in [-0.3, -0.25) is 4.79 Å². The molecule has 0 saturated carbocycles. The van der Waals surface area contributed by atoms with Crippen molar-refractivity contribution in [3.63, 3.8) is 0 Å². The minimum absolute atomic E-state index is 0.00190. The molecule has 1 aromatic carbocycles. The number of nitrogens with zero attached hydrogens (tertiary/aromatic N) is 1. The molecule has 1 atom stereocenters. The van der Waals surface area contributed by atoms with Crippen LogP contribution in [0.25, 0.3) is 0 Å². The predicted molar refractivity (Wildman–Crippen MR) is 73.1 cm³/mol. The van der Waals surface area contributed by atoms with Crippen LogP contribution in [0.3, 0.4) is 0 Å². The van der Waals surface area contributed by atoms with Crippen LogP contribution in [-0.2, 0) is 0 Å². The van der Waals surface area contributed by atoms with Crippen molar-refractivity contribution in [1.82, 2.24) is 0 Å². The van der Waals surface area contributed by atoms with E-state index in [4.69, 9.17) is 10.2 Å². The van der Waals surface area contributed by atoms with Crippen molar-refractivity contribution in [2.45, 2.75) is 19.4 Å². The van der Waals surface area contributed by atoms with E-state index in [0.717, 1.165) is 23.2 Å². The van der Waals surface area contributed by atoms with Crippen molar-refractivity contribution in [2.24, 2.45) is 5.73 Å². The molecule has 1 aromatic heterocycles. The number of rotatable bonds is 1. The fraction of sp³-hybridized carbons (Fsp3) is 0.267. The lowest BCUT2D eigenvalue weighted by atomic mass is 9.97. The molecule has 1 aliphatic rings. The molecule has 4 heteroatoms. The van der Waals surface area contributed by atoms with Crippen LogP contribution in [0.4, 0.5) is 5.69 Å². The summed E-state index contributed by atoms with van der Waals surface area (Å²) in [6.07, 6.45) is 2.31. The quantitative estimate of drug-likeness (QED) is 0.853. The molecule has 2 N–H and O–H groups in total. The van der Waals surface area contributed by atoms with Crippen molar-refractivity contribution < 1.29 is 9.21 Å². The average molecular weight is 256 g/mol. The highest BCUT2D eigenvalue weighted by atomic mass is 16.3. The maximum atomic E-state index is 12.5. The monoisotopic (exact) mass is 256 g/mol. The van der Waals surface area contributed by atoms with Crippen LogP contribution >= 0.6 is 0 Å². The van der Waals surface area contributed by atoms with Gasteiger partial charge in [0.15, 0.2) is 5.76 Å². The minimum Gasteiger partial charge on any atom is -0.459 e. The fourth-order valence-electron chi connectivity index (χ4n) is 2.52. The van der Waals surface area contributed by atoms with E-state index in [9.17, 15) is 4.79 Å². The Labute approximate surface area is 111 Å². The van der Waals surface area contributed by atoms with Crippen LogP contribution in [0.15, 0.2) is 41.0 Å². The number of aryl methyl sites for hydroxylation is 1. The highest BCUT2D eigenvalue weighted by Gasteiger charge is 2.29. The molecule has 0 spiro atoms. The second-order valence-electron chi connectivity index (χ2n) is 4.84. The normalized spacial score (nSPS) is 18.2. The zero-order chi connectivity index (χ0) is 13.4. The molecule has 0 bridgehead atoms. The average Bonchev–Trinajstić information content (AvgIpc) is 2.85. The Morgan fingerprint density at radius 2 is 2.16 bits per heavy atom. The topological polar surface area (TPSA) is 59.5 Å². The van der Waals surface area contributed by atoms with E-state index in [2.05, 4.69) is 0 Å². The van der Waals surface area contributed by atoms with Gasteiger partial charge in [-0.25, -0.2) is 0 Å².